The first-order chi connectivity index (χ1) is 18.4. The van der Waals surface area contributed by atoms with Gasteiger partial charge in [-0.15, -0.1) is 0 Å². The second-order valence-corrected chi connectivity index (χ2v) is 9.57. The van der Waals surface area contributed by atoms with E-state index in [1.54, 1.807) is 27.6 Å². The summed E-state index contributed by atoms with van der Waals surface area (Å²) in [5, 5.41) is 9.95. The maximum atomic E-state index is 12.4. The minimum Gasteiger partial charge on any atom is -0.382 e. The van der Waals surface area contributed by atoms with E-state index < -0.39 is 12.1 Å². The molecular weight excluding hydrogens is 574 g/mol. The van der Waals surface area contributed by atoms with Gasteiger partial charge in [-0.2, -0.15) is 5.10 Å². The minimum atomic E-state index is -0.441. The van der Waals surface area contributed by atoms with Crippen LogP contribution in [-0.4, -0.2) is 67.7 Å². The molecule has 4 N–H and O–H groups in total. The molecule has 0 unspecified atom stereocenters. The van der Waals surface area contributed by atoms with Crippen molar-refractivity contribution >= 4 is 63.8 Å². The van der Waals surface area contributed by atoms with Crippen LogP contribution in [0.5, 0.6) is 0 Å². The lowest BCUT2D eigenvalue weighted by Crippen LogP contribution is -2.48. The highest BCUT2D eigenvalue weighted by Gasteiger charge is 2.24. The summed E-state index contributed by atoms with van der Waals surface area (Å²) in [5.41, 5.74) is 10.3. The average Bonchev–Trinajstić information content (AvgIpc) is 3.28. The Morgan fingerprint density at radius 3 is 2.55 bits per heavy atom. The summed E-state index contributed by atoms with van der Waals surface area (Å²) >= 11 is 6.88. The molecular formula is C24H24BrN9O3S. The third kappa shape index (κ3) is 5.66. The molecule has 0 aliphatic carbocycles. The number of nitrogen functional groups attached to an aromatic ring is 1. The number of nitrogens with zero attached hydrogens (tertiary/aromatic N) is 6. The largest absolute Gasteiger partial charge is 0.421 e. The lowest BCUT2D eigenvalue weighted by Gasteiger charge is -2.33. The van der Waals surface area contributed by atoms with E-state index in [1.807, 2.05) is 30.3 Å². The number of rotatable bonds is 5. The Labute approximate surface area is 231 Å². The van der Waals surface area contributed by atoms with E-state index in [-0.39, 0.29) is 0 Å². The third-order valence-corrected chi connectivity index (χ3v) is 6.76. The number of fused-ring (bicyclic) bond motifs is 1. The van der Waals surface area contributed by atoms with E-state index in [9.17, 15) is 9.59 Å². The SMILES string of the molecule is Nc1ncnn2c(CN3CCN(C(=O)OS)CC3)cc(-c3ccc(NC(=O)Nc4cccc(Br)n4)cc3)c12. The molecule has 0 radical (unpaired) electrons. The summed E-state index contributed by atoms with van der Waals surface area (Å²) in [6, 6.07) is 14.3. The molecule has 0 spiro atoms. The number of piperazine rings is 1. The number of nitrogens with two attached hydrogens (primary N) is 1. The van der Waals surface area contributed by atoms with Crippen LogP contribution in [0.2, 0.25) is 0 Å². The number of nitrogens with one attached hydrogen (secondary N) is 2. The van der Waals surface area contributed by atoms with Gasteiger partial charge < -0.3 is 20.1 Å². The second-order valence-electron chi connectivity index (χ2n) is 8.58. The zero-order valence-electron chi connectivity index (χ0n) is 20.0. The van der Waals surface area contributed by atoms with E-state index in [0.717, 1.165) is 16.8 Å². The fourth-order valence-electron chi connectivity index (χ4n) is 4.33. The van der Waals surface area contributed by atoms with Crippen molar-refractivity contribution in [3.05, 3.63) is 65.2 Å². The first kappa shape index (κ1) is 25.8. The number of benzene rings is 1. The Bertz CT molecular complexity index is 1470. The molecule has 1 aliphatic heterocycles. The molecule has 3 amide bonds. The van der Waals surface area contributed by atoms with Crippen LogP contribution in [0.25, 0.3) is 16.6 Å². The van der Waals surface area contributed by atoms with Crippen LogP contribution in [0.1, 0.15) is 5.69 Å². The normalized spacial score (nSPS) is 13.9. The maximum Gasteiger partial charge on any atom is 0.421 e. The first-order valence-corrected chi connectivity index (χ1v) is 12.8. The minimum absolute atomic E-state index is 0.366. The van der Waals surface area contributed by atoms with Gasteiger partial charge in [0.1, 0.15) is 22.3 Å². The van der Waals surface area contributed by atoms with Crippen molar-refractivity contribution in [3.63, 3.8) is 0 Å². The third-order valence-electron chi connectivity index (χ3n) is 6.16. The standard InChI is InChI=1S/C24H24BrN9O3S/c25-19-2-1-3-20(30-19)31-23(35)29-16-6-4-15(5-7-16)18-12-17(34-21(18)22(26)27-14-28-34)13-32-8-10-33(11-9-32)24(36)37-38/h1-7,12,14,38H,8-11,13H2,(H2,26,27,28)(H2,29,30,31,35). The van der Waals surface area contributed by atoms with Gasteiger partial charge in [0.15, 0.2) is 5.82 Å². The lowest BCUT2D eigenvalue weighted by atomic mass is 10.1. The second kappa shape index (κ2) is 11.2. The molecule has 1 aliphatic rings. The summed E-state index contributed by atoms with van der Waals surface area (Å²) in [6.45, 7) is 3.08. The highest BCUT2D eigenvalue weighted by molar-refractivity contribution is 9.10. The molecule has 4 aromatic rings. The molecule has 0 atom stereocenters. The van der Waals surface area contributed by atoms with Crippen molar-refractivity contribution in [2.75, 3.05) is 42.5 Å². The summed E-state index contributed by atoms with van der Waals surface area (Å²) in [6.07, 6.45) is 0.992. The first-order valence-electron chi connectivity index (χ1n) is 11.7. The molecule has 0 saturated carbocycles. The van der Waals surface area contributed by atoms with Crippen LogP contribution in [0.4, 0.5) is 26.9 Å². The van der Waals surface area contributed by atoms with Gasteiger partial charge in [0, 0.05) is 56.9 Å². The lowest BCUT2D eigenvalue weighted by molar-refractivity contribution is 0.112. The van der Waals surface area contributed by atoms with Gasteiger partial charge in [-0.1, -0.05) is 18.2 Å². The van der Waals surface area contributed by atoms with Gasteiger partial charge in [0.05, 0.1) is 5.69 Å². The Morgan fingerprint density at radius 2 is 1.84 bits per heavy atom. The monoisotopic (exact) mass is 597 g/mol. The molecule has 3 aromatic heterocycles. The van der Waals surface area contributed by atoms with Gasteiger partial charge in [-0.3, -0.25) is 10.2 Å². The summed E-state index contributed by atoms with van der Waals surface area (Å²) in [4.78, 5) is 36.3. The Hall–Kier alpha value is -3.88. The molecule has 1 fully saturated rings. The van der Waals surface area contributed by atoms with Crippen molar-refractivity contribution in [2.24, 2.45) is 0 Å². The number of hydrogen-bond donors (Lipinski definition) is 4. The summed E-state index contributed by atoms with van der Waals surface area (Å²) in [7, 11) is 0. The van der Waals surface area contributed by atoms with Crippen LogP contribution in [0.3, 0.4) is 0 Å². The highest BCUT2D eigenvalue weighted by atomic mass is 79.9. The predicted molar refractivity (Wildman–Crippen MR) is 150 cm³/mol. The van der Waals surface area contributed by atoms with E-state index in [4.69, 9.17) is 5.73 Å². The molecule has 38 heavy (non-hydrogen) atoms. The number of urea groups is 1. The van der Waals surface area contributed by atoms with Gasteiger partial charge in [-0.05, 0) is 51.8 Å². The van der Waals surface area contributed by atoms with Gasteiger partial charge >= 0.3 is 12.1 Å². The number of anilines is 3. The number of carbonyl (C=O) groups excluding carboxylic acids is 2. The van der Waals surface area contributed by atoms with Crippen molar-refractivity contribution in [1.82, 2.24) is 29.4 Å². The fraction of sp³-hybridized carbons (Fsp3) is 0.208. The number of thiol groups is 1. The molecule has 1 aromatic carbocycles. The van der Waals surface area contributed by atoms with Crippen molar-refractivity contribution in [1.29, 1.82) is 0 Å². The molecule has 1 saturated heterocycles. The number of aromatic nitrogens is 4. The average molecular weight is 598 g/mol. The molecule has 12 nitrogen and oxygen atoms in total. The Kier molecular flexibility index (Phi) is 7.62. The topological polar surface area (TPSA) is 143 Å². The molecule has 0 bridgehead atoms. The van der Waals surface area contributed by atoms with Crippen LogP contribution in [0.15, 0.2) is 59.5 Å². The van der Waals surface area contributed by atoms with Gasteiger partial charge in [0.25, 0.3) is 0 Å². The summed E-state index contributed by atoms with van der Waals surface area (Å²) in [5.74, 6) is 0.797. The molecule has 5 rings (SSSR count). The zero-order valence-corrected chi connectivity index (χ0v) is 22.5. The van der Waals surface area contributed by atoms with E-state index >= 15 is 0 Å². The number of halogens is 1. The van der Waals surface area contributed by atoms with E-state index in [2.05, 4.69) is 63.6 Å². The Morgan fingerprint density at radius 1 is 1.08 bits per heavy atom. The maximum absolute atomic E-state index is 12.4. The van der Waals surface area contributed by atoms with E-state index in [0.29, 0.717) is 60.2 Å². The van der Waals surface area contributed by atoms with Crippen molar-refractivity contribution < 1.29 is 13.8 Å². The number of carbonyl (C=O) groups is 2. The van der Waals surface area contributed by atoms with Crippen LogP contribution < -0.4 is 16.4 Å². The van der Waals surface area contributed by atoms with Gasteiger partial charge in [-0.25, -0.2) is 24.1 Å². The summed E-state index contributed by atoms with van der Waals surface area (Å²) < 4.78 is 6.95. The number of amides is 3. The quantitative estimate of drug-likeness (QED) is 0.154. The number of pyridine rings is 1. The molecule has 14 heteroatoms. The van der Waals surface area contributed by atoms with Crippen molar-refractivity contribution in [3.8, 4) is 11.1 Å². The molecule has 4 heterocycles. The van der Waals surface area contributed by atoms with Crippen molar-refractivity contribution in [2.45, 2.75) is 6.54 Å². The van der Waals surface area contributed by atoms with Crippen LogP contribution in [-0.2, 0) is 10.7 Å². The fourth-order valence-corrected chi connectivity index (χ4v) is 4.79. The highest BCUT2D eigenvalue weighted by Crippen LogP contribution is 2.31. The smallest absolute Gasteiger partial charge is 0.382 e. The van der Waals surface area contributed by atoms with Gasteiger partial charge in [0.2, 0.25) is 0 Å². The van der Waals surface area contributed by atoms with E-state index in [1.165, 1.54) is 6.33 Å². The van der Waals surface area contributed by atoms with Crippen LogP contribution >= 0.6 is 28.8 Å². The Balaban J connectivity index is 1.32. The molecule has 196 valence electrons. The predicted octanol–water partition coefficient (Wildman–Crippen LogP) is 3.88. The van der Waals surface area contributed by atoms with Crippen LogP contribution in [0, 0.1) is 0 Å². The zero-order chi connectivity index (χ0) is 26.6. The number of hydrogen-bond acceptors (Lipinski definition) is 9.